The van der Waals surface area contributed by atoms with Gasteiger partial charge in [0.05, 0.1) is 0 Å². The molecule has 1 saturated carbocycles. The highest BCUT2D eigenvalue weighted by atomic mass is 16.1. The van der Waals surface area contributed by atoms with Crippen LogP contribution in [-0.4, -0.2) is 12.3 Å². The lowest BCUT2D eigenvalue weighted by Gasteiger charge is -2.27. The van der Waals surface area contributed by atoms with E-state index in [1.165, 1.54) is 0 Å². The zero-order valence-electron chi connectivity index (χ0n) is 9.13. The standard InChI is InChI=1S/C11H21NO/c1-7(2)11(5-10(11)6-12)8(3)9(4)13/h7-8,10H,5-6,12H2,1-4H3. The van der Waals surface area contributed by atoms with Gasteiger partial charge in [-0.15, -0.1) is 0 Å². The molecule has 76 valence electrons. The summed E-state index contributed by atoms with van der Waals surface area (Å²) in [6, 6.07) is 0. The molecule has 0 aromatic heterocycles. The second-order valence-electron chi connectivity index (χ2n) is 4.74. The molecule has 0 aromatic carbocycles. The minimum absolute atomic E-state index is 0.182. The SMILES string of the molecule is CC(=O)C(C)C1(C(C)C)CC1CN. The van der Waals surface area contributed by atoms with Crippen LogP contribution in [0.15, 0.2) is 0 Å². The van der Waals surface area contributed by atoms with Gasteiger partial charge in [0.25, 0.3) is 0 Å². The summed E-state index contributed by atoms with van der Waals surface area (Å²) in [7, 11) is 0. The first kappa shape index (κ1) is 10.7. The number of hydrogen-bond acceptors (Lipinski definition) is 2. The van der Waals surface area contributed by atoms with E-state index in [1.807, 2.05) is 0 Å². The van der Waals surface area contributed by atoms with Crippen LogP contribution < -0.4 is 5.73 Å². The summed E-state index contributed by atoms with van der Waals surface area (Å²) >= 11 is 0. The summed E-state index contributed by atoms with van der Waals surface area (Å²) in [5, 5.41) is 0. The maximum absolute atomic E-state index is 11.4. The van der Waals surface area contributed by atoms with Crippen LogP contribution in [0, 0.1) is 23.2 Å². The molecular formula is C11H21NO. The molecule has 3 unspecified atom stereocenters. The van der Waals surface area contributed by atoms with Gasteiger partial charge in [-0.3, -0.25) is 4.79 Å². The van der Waals surface area contributed by atoms with Crippen LogP contribution in [0.3, 0.4) is 0 Å². The molecule has 0 aromatic rings. The number of carbonyl (C=O) groups is 1. The molecule has 0 amide bonds. The fourth-order valence-corrected chi connectivity index (χ4v) is 2.79. The van der Waals surface area contributed by atoms with Crippen molar-refractivity contribution in [2.75, 3.05) is 6.54 Å². The van der Waals surface area contributed by atoms with E-state index in [0.29, 0.717) is 17.6 Å². The minimum Gasteiger partial charge on any atom is -0.330 e. The van der Waals surface area contributed by atoms with Crippen LogP contribution in [0.4, 0.5) is 0 Å². The molecule has 0 bridgehead atoms. The minimum atomic E-state index is 0.182. The highest BCUT2D eigenvalue weighted by Gasteiger charge is 2.59. The highest BCUT2D eigenvalue weighted by Crippen LogP contribution is 2.62. The predicted molar refractivity (Wildman–Crippen MR) is 54.3 cm³/mol. The molecule has 0 spiro atoms. The molecule has 2 N–H and O–H groups in total. The maximum atomic E-state index is 11.4. The molecular weight excluding hydrogens is 162 g/mol. The molecule has 0 radical (unpaired) electrons. The third kappa shape index (κ3) is 1.52. The summed E-state index contributed by atoms with van der Waals surface area (Å²) in [5.41, 5.74) is 5.90. The molecule has 1 rings (SSSR count). The second kappa shape index (κ2) is 3.41. The summed E-state index contributed by atoms with van der Waals surface area (Å²) in [5.74, 6) is 1.64. The van der Waals surface area contributed by atoms with Crippen molar-refractivity contribution in [1.29, 1.82) is 0 Å². The van der Waals surface area contributed by atoms with Gasteiger partial charge in [0.1, 0.15) is 5.78 Å². The number of carbonyl (C=O) groups excluding carboxylic acids is 1. The van der Waals surface area contributed by atoms with E-state index in [4.69, 9.17) is 5.73 Å². The van der Waals surface area contributed by atoms with Gasteiger partial charge in [-0.25, -0.2) is 0 Å². The van der Waals surface area contributed by atoms with E-state index in [9.17, 15) is 4.79 Å². The third-order valence-corrected chi connectivity index (χ3v) is 3.98. The van der Waals surface area contributed by atoms with Gasteiger partial charge >= 0.3 is 0 Å². The molecule has 0 heterocycles. The molecule has 3 atom stereocenters. The van der Waals surface area contributed by atoms with Gasteiger partial charge in [-0.1, -0.05) is 20.8 Å². The molecule has 2 heteroatoms. The molecule has 1 aliphatic carbocycles. The Hall–Kier alpha value is -0.370. The lowest BCUT2D eigenvalue weighted by atomic mass is 9.77. The fraction of sp³-hybridized carbons (Fsp3) is 0.909. The van der Waals surface area contributed by atoms with E-state index < -0.39 is 0 Å². The summed E-state index contributed by atoms with van der Waals surface area (Å²) < 4.78 is 0. The lowest BCUT2D eigenvalue weighted by Crippen LogP contribution is -2.28. The van der Waals surface area contributed by atoms with Crippen LogP contribution in [-0.2, 0) is 4.79 Å². The Morgan fingerprint density at radius 2 is 2.08 bits per heavy atom. The number of Topliss-reactive ketones (excluding diaryl/α,β-unsaturated/α-hetero) is 1. The smallest absolute Gasteiger partial charge is 0.133 e. The van der Waals surface area contributed by atoms with E-state index in [0.717, 1.165) is 13.0 Å². The van der Waals surface area contributed by atoms with Gasteiger partial charge < -0.3 is 5.73 Å². The van der Waals surface area contributed by atoms with Gasteiger partial charge in [0, 0.05) is 5.92 Å². The van der Waals surface area contributed by atoms with Crippen molar-refractivity contribution in [2.24, 2.45) is 28.9 Å². The Labute approximate surface area is 80.9 Å². The Bertz CT molecular complexity index is 212. The van der Waals surface area contributed by atoms with Crippen LogP contribution in [0.2, 0.25) is 0 Å². The van der Waals surface area contributed by atoms with Gasteiger partial charge in [-0.2, -0.15) is 0 Å². The average molecular weight is 183 g/mol. The van der Waals surface area contributed by atoms with Crippen molar-refractivity contribution in [3.05, 3.63) is 0 Å². The Kier molecular flexibility index (Phi) is 2.81. The topological polar surface area (TPSA) is 43.1 Å². The van der Waals surface area contributed by atoms with E-state index in [2.05, 4.69) is 20.8 Å². The maximum Gasteiger partial charge on any atom is 0.133 e. The predicted octanol–water partition coefficient (Wildman–Crippen LogP) is 1.83. The van der Waals surface area contributed by atoms with Crippen molar-refractivity contribution in [3.63, 3.8) is 0 Å². The monoisotopic (exact) mass is 183 g/mol. The zero-order valence-corrected chi connectivity index (χ0v) is 9.13. The van der Waals surface area contributed by atoms with Crippen LogP contribution in [0.25, 0.3) is 0 Å². The van der Waals surface area contributed by atoms with E-state index in [-0.39, 0.29) is 11.3 Å². The number of hydrogen-bond donors (Lipinski definition) is 1. The molecule has 13 heavy (non-hydrogen) atoms. The van der Waals surface area contributed by atoms with Crippen molar-refractivity contribution in [1.82, 2.24) is 0 Å². The van der Waals surface area contributed by atoms with Crippen LogP contribution in [0.1, 0.15) is 34.1 Å². The molecule has 2 nitrogen and oxygen atoms in total. The van der Waals surface area contributed by atoms with Crippen LogP contribution >= 0.6 is 0 Å². The Morgan fingerprint density at radius 3 is 2.31 bits per heavy atom. The lowest BCUT2D eigenvalue weighted by molar-refractivity contribution is -0.123. The first-order valence-corrected chi connectivity index (χ1v) is 5.17. The van der Waals surface area contributed by atoms with Crippen molar-refractivity contribution in [2.45, 2.75) is 34.1 Å². The summed E-state index contributed by atoms with van der Waals surface area (Å²) in [6.45, 7) is 8.89. The summed E-state index contributed by atoms with van der Waals surface area (Å²) in [4.78, 5) is 11.4. The second-order valence-corrected chi connectivity index (χ2v) is 4.74. The fourth-order valence-electron chi connectivity index (χ4n) is 2.79. The molecule has 1 fully saturated rings. The largest absolute Gasteiger partial charge is 0.330 e. The van der Waals surface area contributed by atoms with Crippen molar-refractivity contribution in [3.8, 4) is 0 Å². The van der Waals surface area contributed by atoms with Crippen LogP contribution in [0.5, 0.6) is 0 Å². The quantitative estimate of drug-likeness (QED) is 0.722. The van der Waals surface area contributed by atoms with E-state index >= 15 is 0 Å². The average Bonchev–Trinajstić information content (AvgIpc) is 2.78. The van der Waals surface area contributed by atoms with Gasteiger partial charge in [0.15, 0.2) is 0 Å². The van der Waals surface area contributed by atoms with Gasteiger partial charge in [0.2, 0.25) is 0 Å². The Balaban J connectivity index is 2.77. The van der Waals surface area contributed by atoms with Gasteiger partial charge in [-0.05, 0) is 37.1 Å². The number of rotatable bonds is 4. The summed E-state index contributed by atoms with van der Waals surface area (Å²) in [6.07, 6.45) is 1.14. The molecule has 0 saturated heterocycles. The first-order valence-electron chi connectivity index (χ1n) is 5.17. The highest BCUT2D eigenvalue weighted by molar-refractivity contribution is 5.79. The zero-order chi connectivity index (χ0) is 10.2. The Morgan fingerprint density at radius 1 is 1.54 bits per heavy atom. The van der Waals surface area contributed by atoms with Crippen molar-refractivity contribution < 1.29 is 4.79 Å². The number of nitrogens with two attached hydrogens (primary N) is 1. The van der Waals surface area contributed by atoms with E-state index in [1.54, 1.807) is 6.92 Å². The first-order chi connectivity index (χ1) is 5.96. The molecule has 0 aliphatic heterocycles. The number of ketones is 1. The van der Waals surface area contributed by atoms with Crippen molar-refractivity contribution >= 4 is 5.78 Å². The third-order valence-electron chi connectivity index (χ3n) is 3.98. The molecule has 1 aliphatic rings. The normalized spacial score (nSPS) is 34.8.